The van der Waals surface area contributed by atoms with Crippen LogP contribution < -0.4 is 5.73 Å². The van der Waals surface area contributed by atoms with Crippen LogP contribution in [0.4, 0.5) is 0 Å². The van der Waals surface area contributed by atoms with Crippen LogP contribution >= 0.6 is 11.3 Å². The number of hydrogen-bond acceptors (Lipinski definition) is 2. The minimum absolute atomic E-state index is 0.785. The quantitative estimate of drug-likeness (QED) is 0.818. The van der Waals surface area contributed by atoms with Crippen molar-refractivity contribution >= 4 is 21.4 Å². The fourth-order valence-corrected chi connectivity index (χ4v) is 2.98. The molecule has 2 N–H and O–H groups in total. The van der Waals surface area contributed by atoms with Crippen molar-refractivity contribution in [2.75, 3.05) is 6.54 Å². The summed E-state index contributed by atoms with van der Waals surface area (Å²) in [7, 11) is 0. The van der Waals surface area contributed by atoms with E-state index in [0.29, 0.717) is 0 Å². The van der Waals surface area contributed by atoms with E-state index in [4.69, 9.17) is 5.73 Å². The fraction of sp³-hybridized carbons (Fsp3) is 0.333. The molecule has 2 heteroatoms. The second kappa shape index (κ2) is 4.11. The van der Waals surface area contributed by atoms with Crippen LogP contribution in [-0.2, 0) is 6.42 Å². The first-order valence-corrected chi connectivity index (χ1v) is 5.81. The van der Waals surface area contributed by atoms with Gasteiger partial charge in [-0.25, -0.2) is 0 Å². The minimum atomic E-state index is 0.785. The highest BCUT2D eigenvalue weighted by molar-refractivity contribution is 7.19. The number of fused-ring (bicyclic) bond motifs is 1. The van der Waals surface area contributed by atoms with E-state index >= 15 is 0 Å². The molecular formula is C12H15NS. The topological polar surface area (TPSA) is 26.0 Å². The third-order valence-electron chi connectivity index (χ3n) is 2.55. The molecule has 0 fully saturated rings. The molecule has 0 amide bonds. The Morgan fingerprint density at radius 1 is 1.29 bits per heavy atom. The summed E-state index contributed by atoms with van der Waals surface area (Å²) in [5, 5.41) is 1.41. The number of rotatable bonds is 3. The van der Waals surface area contributed by atoms with Gasteiger partial charge in [-0.3, -0.25) is 0 Å². The van der Waals surface area contributed by atoms with Gasteiger partial charge in [-0.05, 0) is 43.3 Å². The van der Waals surface area contributed by atoms with E-state index in [1.54, 1.807) is 0 Å². The van der Waals surface area contributed by atoms with Gasteiger partial charge in [0.15, 0.2) is 0 Å². The molecular weight excluding hydrogens is 190 g/mol. The van der Waals surface area contributed by atoms with Crippen LogP contribution in [-0.4, -0.2) is 6.54 Å². The van der Waals surface area contributed by atoms with Gasteiger partial charge in [0.05, 0.1) is 0 Å². The SMILES string of the molecule is Cc1c(CCCN)sc2ccccc12. The van der Waals surface area contributed by atoms with Crippen molar-refractivity contribution in [3.8, 4) is 0 Å². The van der Waals surface area contributed by atoms with Crippen LogP contribution in [0.1, 0.15) is 16.9 Å². The average molecular weight is 205 g/mol. The van der Waals surface area contributed by atoms with Crippen molar-refractivity contribution in [1.82, 2.24) is 0 Å². The lowest BCUT2D eigenvalue weighted by atomic mass is 10.1. The number of nitrogens with two attached hydrogens (primary N) is 1. The van der Waals surface area contributed by atoms with E-state index in [1.165, 1.54) is 20.5 Å². The highest BCUT2D eigenvalue weighted by Crippen LogP contribution is 2.31. The van der Waals surface area contributed by atoms with Gasteiger partial charge >= 0.3 is 0 Å². The monoisotopic (exact) mass is 205 g/mol. The Morgan fingerprint density at radius 2 is 2.07 bits per heavy atom. The first kappa shape index (κ1) is 9.69. The molecule has 0 radical (unpaired) electrons. The summed E-state index contributed by atoms with van der Waals surface area (Å²) in [4.78, 5) is 1.50. The molecule has 0 bridgehead atoms. The Morgan fingerprint density at radius 3 is 2.79 bits per heavy atom. The van der Waals surface area contributed by atoms with Crippen LogP contribution in [0.15, 0.2) is 24.3 Å². The molecule has 0 atom stereocenters. The normalized spacial score (nSPS) is 11.0. The lowest BCUT2D eigenvalue weighted by Gasteiger charge is -1.96. The maximum Gasteiger partial charge on any atom is 0.0348 e. The van der Waals surface area contributed by atoms with Crippen LogP contribution in [0.3, 0.4) is 0 Å². The van der Waals surface area contributed by atoms with E-state index < -0.39 is 0 Å². The van der Waals surface area contributed by atoms with Gasteiger partial charge in [-0.1, -0.05) is 18.2 Å². The number of hydrogen-bond donors (Lipinski definition) is 1. The smallest absolute Gasteiger partial charge is 0.0348 e. The van der Waals surface area contributed by atoms with Gasteiger partial charge in [0.2, 0.25) is 0 Å². The zero-order valence-electron chi connectivity index (χ0n) is 8.42. The van der Waals surface area contributed by atoms with Crippen molar-refractivity contribution in [2.45, 2.75) is 19.8 Å². The summed E-state index contributed by atoms with van der Waals surface area (Å²) in [6, 6.07) is 8.60. The molecule has 2 aromatic rings. The molecule has 1 aromatic carbocycles. The molecule has 1 nitrogen and oxygen atoms in total. The van der Waals surface area contributed by atoms with Crippen LogP contribution in [0.25, 0.3) is 10.1 Å². The first-order chi connectivity index (χ1) is 6.83. The summed E-state index contributed by atoms with van der Waals surface area (Å²) in [5.41, 5.74) is 6.97. The lowest BCUT2D eigenvalue weighted by molar-refractivity contribution is 0.840. The Bertz CT molecular complexity index is 431. The number of aryl methyl sites for hydroxylation is 2. The van der Waals surface area contributed by atoms with E-state index in [1.807, 2.05) is 11.3 Å². The Hall–Kier alpha value is -0.860. The van der Waals surface area contributed by atoms with Gasteiger partial charge in [-0.2, -0.15) is 0 Å². The van der Waals surface area contributed by atoms with Crippen molar-refractivity contribution in [3.05, 3.63) is 34.7 Å². The summed E-state index contributed by atoms with van der Waals surface area (Å²) in [6.07, 6.45) is 2.22. The molecule has 0 unspecified atom stereocenters. The van der Waals surface area contributed by atoms with Gasteiger partial charge in [0.1, 0.15) is 0 Å². The van der Waals surface area contributed by atoms with Crippen LogP contribution in [0.2, 0.25) is 0 Å². The summed E-state index contributed by atoms with van der Waals surface area (Å²) in [6.45, 7) is 3.00. The summed E-state index contributed by atoms with van der Waals surface area (Å²) >= 11 is 1.91. The van der Waals surface area contributed by atoms with E-state index in [9.17, 15) is 0 Å². The maximum absolute atomic E-state index is 5.53. The summed E-state index contributed by atoms with van der Waals surface area (Å²) < 4.78 is 1.40. The molecule has 0 aliphatic carbocycles. The summed E-state index contributed by atoms with van der Waals surface area (Å²) in [5.74, 6) is 0. The molecule has 0 saturated carbocycles. The molecule has 0 aliphatic heterocycles. The molecule has 14 heavy (non-hydrogen) atoms. The molecule has 0 saturated heterocycles. The van der Waals surface area contributed by atoms with Crippen molar-refractivity contribution in [2.24, 2.45) is 5.73 Å². The van der Waals surface area contributed by atoms with E-state index in [0.717, 1.165) is 19.4 Å². The van der Waals surface area contributed by atoms with Gasteiger partial charge in [0.25, 0.3) is 0 Å². The molecule has 74 valence electrons. The largest absolute Gasteiger partial charge is 0.330 e. The zero-order valence-corrected chi connectivity index (χ0v) is 9.23. The van der Waals surface area contributed by atoms with Gasteiger partial charge in [-0.15, -0.1) is 11.3 Å². The van der Waals surface area contributed by atoms with E-state index in [2.05, 4.69) is 31.2 Å². The second-order valence-corrected chi connectivity index (χ2v) is 4.68. The minimum Gasteiger partial charge on any atom is -0.330 e. The van der Waals surface area contributed by atoms with Crippen molar-refractivity contribution in [3.63, 3.8) is 0 Å². The van der Waals surface area contributed by atoms with Crippen molar-refractivity contribution in [1.29, 1.82) is 0 Å². The fourth-order valence-electron chi connectivity index (χ4n) is 1.73. The van der Waals surface area contributed by atoms with E-state index in [-0.39, 0.29) is 0 Å². The number of benzene rings is 1. The van der Waals surface area contributed by atoms with Crippen LogP contribution in [0, 0.1) is 6.92 Å². The Labute approximate surface area is 88.6 Å². The van der Waals surface area contributed by atoms with Crippen LogP contribution in [0.5, 0.6) is 0 Å². The molecule has 1 aromatic heterocycles. The standard InChI is InChI=1S/C12H15NS/c1-9-10-5-2-3-6-12(10)14-11(9)7-4-8-13/h2-3,5-6H,4,7-8,13H2,1H3. The first-order valence-electron chi connectivity index (χ1n) is 5.00. The second-order valence-electron chi connectivity index (χ2n) is 3.54. The molecule has 1 heterocycles. The third kappa shape index (κ3) is 1.68. The average Bonchev–Trinajstić information content (AvgIpc) is 2.54. The highest BCUT2D eigenvalue weighted by Gasteiger charge is 2.06. The maximum atomic E-state index is 5.53. The molecule has 2 rings (SSSR count). The molecule has 0 aliphatic rings. The molecule has 0 spiro atoms. The Balaban J connectivity index is 2.41. The zero-order chi connectivity index (χ0) is 9.97. The van der Waals surface area contributed by atoms with Crippen molar-refractivity contribution < 1.29 is 0 Å². The number of thiophene rings is 1. The van der Waals surface area contributed by atoms with Gasteiger partial charge in [0, 0.05) is 9.58 Å². The Kier molecular flexibility index (Phi) is 2.85. The lowest BCUT2D eigenvalue weighted by Crippen LogP contribution is -1.99. The third-order valence-corrected chi connectivity index (χ3v) is 3.88. The highest BCUT2D eigenvalue weighted by atomic mass is 32.1. The predicted octanol–water partition coefficient (Wildman–Crippen LogP) is 3.10. The van der Waals surface area contributed by atoms with Gasteiger partial charge < -0.3 is 5.73 Å². The predicted molar refractivity (Wildman–Crippen MR) is 63.9 cm³/mol.